The van der Waals surface area contributed by atoms with Crippen LogP contribution < -0.4 is 9.51 Å². The Kier molecular flexibility index (Phi) is 3.19. The van der Waals surface area contributed by atoms with E-state index in [1.807, 2.05) is 6.07 Å². The van der Waals surface area contributed by atoms with E-state index >= 15 is 0 Å². The highest BCUT2D eigenvalue weighted by molar-refractivity contribution is 7.15. The molecule has 0 spiro atoms. The van der Waals surface area contributed by atoms with Crippen molar-refractivity contribution in [2.45, 2.75) is 13.5 Å². The van der Waals surface area contributed by atoms with Crippen molar-refractivity contribution in [3.63, 3.8) is 0 Å². The van der Waals surface area contributed by atoms with Gasteiger partial charge in [-0.2, -0.15) is 0 Å². The predicted octanol–water partition coefficient (Wildman–Crippen LogP) is 1.66. The number of hydrogen-bond donors (Lipinski definition) is 0. The summed E-state index contributed by atoms with van der Waals surface area (Å²) in [7, 11) is 0. The average molecular weight is 308 g/mol. The number of rotatable bonds is 3. The average Bonchev–Trinajstić information content (AvgIpc) is 2.94. The van der Waals surface area contributed by atoms with Crippen molar-refractivity contribution in [3.8, 4) is 5.88 Å². The van der Waals surface area contributed by atoms with E-state index in [1.54, 1.807) is 29.1 Å². The zero-order valence-corrected chi connectivity index (χ0v) is 12.1. The van der Waals surface area contributed by atoms with Gasteiger partial charge in [0.1, 0.15) is 12.4 Å². The van der Waals surface area contributed by atoms with Gasteiger partial charge in [-0.25, -0.2) is 14.0 Å². The Morgan fingerprint density at radius 2 is 2.35 bits per heavy atom. The number of carbonyl (C=O) groups excluding carboxylic acids is 1. The van der Waals surface area contributed by atoms with Crippen LogP contribution in [0.3, 0.4) is 0 Å². The van der Waals surface area contributed by atoms with Crippen LogP contribution in [0.15, 0.2) is 30.6 Å². The Bertz CT molecular complexity index is 809. The molecule has 0 aliphatic carbocycles. The molecule has 0 fully saturated rings. The number of ketones is 1. The van der Waals surface area contributed by atoms with Crippen LogP contribution in [-0.2, 0) is 6.54 Å². The highest BCUT2D eigenvalue weighted by atomic mass is 35.5. The highest BCUT2D eigenvalue weighted by Crippen LogP contribution is 2.22. The van der Waals surface area contributed by atoms with E-state index in [-0.39, 0.29) is 17.4 Å². The van der Waals surface area contributed by atoms with Gasteiger partial charge >= 0.3 is 0 Å². The Morgan fingerprint density at radius 1 is 1.55 bits per heavy atom. The SMILES string of the molecule is CC(=O)c1c([O-])[n+]2ccccc2n1Cc1cnc(Cl)s1. The van der Waals surface area contributed by atoms with Crippen molar-refractivity contribution in [2.24, 2.45) is 0 Å². The third-order valence-corrected chi connectivity index (χ3v) is 4.08. The molecule has 0 aliphatic rings. The minimum atomic E-state index is -0.302. The van der Waals surface area contributed by atoms with Gasteiger partial charge in [0.2, 0.25) is 11.5 Å². The number of aromatic nitrogens is 3. The summed E-state index contributed by atoms with van der Waals surface area (Å²) in [6, 6.07) is 5.39. The van der Waals surface area contributed by atoms with Crippen LogP contribution in [-0.4, -0.2) is 15.3 Å². The molecule has 0 N–H and O–H groups in total. The summed E-state index contributed by atoms with van der Waals surface area (Å²) in [5.41, 5.74) is 0.841. The number of nitrogens with zero attached hydrogens (tertiary/aromatic N) is 3. The Labute approximate surface area is 123 Å². The second-order valence-corrected chi connectivity index (χ2v) is 6.00. The minimum Gasteiger partial charge on any atom is -0.839 e. The molecule has 3 rings (SSSR count). The minimum absolute atomic E-state index is 0.167. The van der Waals surface area contributed by atoms with Crippen molar-refractivity contribution < 1.29 is 14.3 Å². The standard InChI is InChI=1S/C13H10ClN3O2S/c1-8(18)11-12(19)16-5-3-2-4-10(16)17(11)7-9-6-15-13(14)20-9/h2-6H,7H2,1H3. The molecular formula is C13H10ClN3O2S. The first-order valence-corrected chi connectivity index (χ1v) is 7.08. The van der Waals surface area contributed by atoms with E-state index in [1.165, 1.54) is 22.7 Å². The molecule has 20 heavy (non-hydrogen) atoms. The summed E-state index contributed by atoms with van der Waals surface area (Å²) in [4.78, 5) is 16.6. The molecule has 5 nitrogen and oxygen atoms in total. The van der Waals surface area contributed by atoms with Gasteiger partial charge in [0.15, 0.2) is 4.47 Å². The van der Waals surface area contributed by atoms with Gasteiger partial charge in [-0.1, -0.05) is 17.7 Å². The fraction of sp³-hybridized carbons (Fsp3) is 0.154. The predicted molar refractivity (Wildman–Crippen MR) is 73.3 cm³/mol. The molecular weight excluding hydrogens is 298 g/mol. The fourth-order valence-corrected chi connectivity index (χ4v) is 3.15. The zero-order valence-electron chi connectivity index (χ0n) is 10.5. The van der Waals surface area contributed by atoms with Gasteiger partial charge in [-0.15, -0.1) is 11.3 Å². The quantitative estimate of drug-likeness (QED) is 0.546. The molecule has 0 saturated carbocycles. The summed E-state index contributed by atoms with van der Waals surface area (Å²) in [5, 5.41) is 12.3. The molecule has 7 heteroatoms. The van der Waals surface area contributed by atoms with Gasteiger partial charge < -0.3 is 5.11 Å². The molecule has 3 aromatic rings. The third-order valence-electron chi connectivity index (χ3n) is 2.98. The Balaban J connectivity index is 2.22. The molecule has 3 aromatic heterocycles. The van der Waals surface area contributed by atoms with E-state index in [0.717, 1.165) is 4.88 Å². The van der Waals surface area contributed by atoms with Crippen LogP contribution in [0, 0.1) is 0 Å². The lowest BCUT2D eigenvalue weighted by molar-refractivity contribution is -0.582. The second-order valence-electron chi connectivity index (χ2n) is 4.30. The van der Waals surface area contributed by atoms with Crippen LogP contribution in [0.4, 0.5) is 0 Å². The molecule has 0 aromatic carbocycles. The van der Waals surface area contributed by atoms with Gasteiger partial charge in [0.05, 0.1) is 11.1 Å². The molecule has 0 saturated heterocycles. The fourth-order valence-electron chi connectivity index (χ4n) is 2.18. The Morgan fingerprint density at radius 3 is 3.00 bits per heavy atom. The third kappa shape index (κ3) is 2.07. The van der Waals surface area contributed by atoms with Gasteiger partial charge in [-0.3, -0.25) is 4.79 Å². The normalized spacial score (nSPS) is 11.1. The molecule has 0 atom stereocenters. The first-order chi connectivity index (χ1) is 9.58. The lowest BCUT2D eigenvalue weighted by Crippen LogP contribution is -2.24. The van der Waals surface area contributed by atoms with Gasteiger partial charge in [-0.05, 0) is 6.07 Å². The number of Topliss-reactive ketones (excluding diaryl/α,β-unsaturated/α-hetero) is 1. The van der Waals surface area contributed by atoms with Crippen molar-refractivity contribution in [2.75, 3.05) is 0 Å². The number of halogens is 1. The first kappa shape index (κ1) is 13.1. The monoisotopic (exact) mass is 307 g/mol. The van der Waals surface area contributed by atoms with E-state index in [2.05, 4.69) is 4.98 Å². The van der Waals surface area contributed by atoms with Gasteiger partial charge in [0.25, 0.3) is 5.65 Å². The molecule has 0 aliphatic heterocycles. The lowest BCUT2D eigenvalue weighted by atomic mass is 10.3. The van der Waals surface area contributed by atoms with Crippen LogP contribution >= 0.6 is 22.9 Å². The van der Waals surface area contributed by atoms with Crippen molar-refractivity contribution in [1.82, 2.24) is 9.55 Å². The highest BCUT2D eigenvalue weighted by Gasteiger charge is 2.23. The maximum absolute atomic E-state index is 12.3. The van der Waals surface area contributed by atoms with E-state index in [4.69, 9.17) is 11.6 Å². The van der Waals surface area contributed by atoms with E-state index in [0.29, 0.717) is 16.7 Å². The maximum atomic E-state index is 12.3. The van der Waals surface area contributed by atoms with Crippen molar-refractivity contribution in [3.05, 3.63) is 45.6 Å². The summed E-state index contributed by atoms with van der Waals surface area (Å²) >= 11 is 7.15. The first-order valence-electron chi connectivity index (χ1n) is 5.89. The summed E-state index contributed by atoms with van der Waals surface area (Å²) < 4.78 is 3.62. The number of carbonyl (C=O) groups is 1. The number of fused-ring (bicyclic) bond motifs is 1. The maximum Gasteiger partial charge on any atom is 0.286 e. The van der Waals surface area contributed by atoms with Crippen LogP contribution in [0.2, 0.25) is 4.47 Å². The number of hydrogen-bond acceptors (Lipinski definition) is 4. The molecule has 3 heterocycles. The van der Waals surface area contributed by atoms with Crippen LogP contribution in [0.5, 0.6) is 5.88 Å². The number of thiazole rings is 1. The van der Waals surface area contributed by atoms with Crippen LogP contribution in [0.1, 0.15) is 22.3 Å². The molecule has 0 bridgehead atoms. The summed E-state index contributed by atoms with van der Waals surface area (Å²) in [6.45, 7) is 1.79. The topological polar surface area (TPSA) is 62.0 Å². The molecule has 0 amide bonds. The number of imidazole rings is 1. The van der Waals surface area contributed by atoms with Gasteiger partial charge in [0, 0.05) is 19.2 Å². The smallest absolute Gasteiger partial charge is 0.286 e. The van der Waals surface area contributed by atoms with E-state index < -0.39 is 0 Å². The molecule has 0 unspecified atom stereocenters. The second kappa shape index (κ2) is 4.88. The van der Waals surface area contributed by atoms with Crippen molar-refractivity contribution in [1.29, 1.82) is 0 Å². The zero-order chi connectivity index (χ0) is 14.3. The lowest BCUT2D eigenvalue weighted by Gasteiger charge is -2.01. The van der Waals surface area contributed by atoms with Crippen molar-refractivity contribution >= 4 is 34.4 Å². The largest absolute Gasteiger partial charge is 0.839 e. The molecule has 102 valence electrons. The summed E-state index contributed by atoms with van der Waals surface area (Å²) in [5.74, 6) is -0.557. The summed E-state index contributed by atoms with van der Waals surface area (Å²) in [6.07, 6.45) is 3.31. The van der Waals surface area contributed by atoms with Crippen LogP contribution in [0.25, 0.3) is 5.65 Å². The molecule has 0 radical (unpaired) electrons. The Hall–Kier alpha value is -1.92. The van der Waals surface area contributed by atoms with E-state index in [9.17, 15) is 9.90 Å². The number of pyridine rings is 1.